The molecule has 3 aromatic carbocycles. The van der Waals surface area contributed by atoms with Gasteiger partial charge in [0.2, 0.25) is 0 Å². The maximum Gasteiger partial charge on any atom is 0.262 e. The van der Waals surface area contributed by atoms with Crippen molar-refractivity contribution < 1.29 is 14.3 Å². The molecule has 0 radical (unpaired) electrons. The van der Waals surface area contributed by atoms with Crippen LogP contribution in [0.5, 0.6) is 0 Å². The van der Waals surface area contributed by atoms with Crippen LogP contribution < -0.4 is 0 Å². The third kappa shape index (κ3) is 3.76. The Morgan fingerprint density at radius 3 is 2.16 bits per heavy atom. The number of imide groups is 1. The van der Waals surface area contributed by atoms with E-state index in [-0.39, 0.29) is 17.9 Å². The van der Waals surface area contributed by atoms with E-state index in [4.69, 9.17) is 9.72 Å². The summed E-state index contributed by atoms with van der Waals surface area (Å²) in [6.45, 7) is 1.94. The minimum absolute atomic E-state index is 0.0376. The molecule has 1 aliphatic carbocycles. The number of amides is 2. The van der Waals surface area contributed by atoms with Gasteiger partial charge in [-0.1, -0.05) is 66.7 Å². The highest BCUT2D eigenvalue weighted by Gasteiger charge is 2.57. The van der Waals surface area contributed by atoms with Crippen LogP contribution in [0.2, 0.25) is 0 Å². The predicted molar refractivity (Wildman–Crippen MR) is 163 cm³/mol. The van der Waals surface area contributed by atoms with Crippen LogP contribution in [0.3, 0.4) is 0 Å². The number of methoxy groups -OCH3 is 1. The Labute approximate surface area is 247 Å². The number of benzene rings is 3. The van der Waals surface area contributed by atoms with Gasteiger partial charge in [0.15, 0.2) is 11.3 Å². The number of ether oxygens (including phenoxy) is 1. The fourth-order valence-electron chi connectivity index (χ4n) is 6.63. The van der Waals surface area contributed by atoms with Crippen molar-refractivity contribution in [3.8, 4) is 22.4 Å². The van der Waals surface area contributed by atoms with Crippen LogP contribution in [0.1, 0.15) is 44.8 Å². The molecule has 8 rings (SSSR count). The quantitative estimate of drug-likeness (QED) is 0.231. The minimum Gasteiger partial charge on any atom is -0.381 e. The zero-order valence-electron chi connectivity index (χ0n) is 23.7. The average Bonchev–Trinajstić information content (AvgIpc) is 3.53. The van der Waals surface area contributed by atoms with Gasteiger partial charge in [-0.2, -0.15) is 9.61 Å². The molecular weight excluding hydrogens is 538 g/mol. The molecular formula is C35H27N5O3. The fourth-order valence-corrected chi connectivity index (χ4v) is 6.63. The molecule has 8 nitrogen and oxygen atoms in total. The van der Waals surface area contributed by atoms with Crippen molar-refractivity contribution in [2.45, 2.75) is 31.4 Å². The van der Waals surface area contributed by atoms with Crippen molar-refractivity contribution in [1.29, 1.82) is 0 Å². The second-order valence-corrected chi connectivity index (χ2v) is 11.3. The van der Waals surface area contributed by atoms with E-state index in [9.17, 15) is 9.59 Å². The molecule has 1 saturated carbocycles. The van der Waals surface area contributed by atoms with Gasteiger partial charge in [0, 0.05) is 48.7 Å². The number of fused-ring (bicyclic) bond motifs is 4. The van der Waals surface area contributed by atoms with E-state index in [1.165, 1.54) is 4.90 Å². The molecule has 43 heavy (non-hydrogen) atoms. The van der Waals surface area contributed by atoms with Crippen molar-refractivity contribution in [1.82, 2.24) is 24.5 Å². The summed E-state index contributed by atoms with van der Waals surface area (Å²) in [5, 5.41) is 5.53. The first-order valence-electron chi connectivity index (χ1n) is 14.3. The highest BCUT2D eigenvalue weighted by Crippen LogP contribution is 2.51. The molecule has 3 aromatic heterocycles. The van der Waals surface area contributed by atoms with Gasteiger partial charge in [-0.05, 0) is 36.2 Å². The van der Waals surface area contributed by atoms with Gasteiger partial charge in [0.1, 0.15) is 0 Å². The number of hydrogen-bond acceptors (Lipinski definition) is 6. The highest BCUT2D eigenvalue weighted by atomic mass is 16.5. The SMILES string of the molecule is COC1CC(c2ccc(-c3nc4c(cnc5cc(C)nn54)cc3-c3ccccc3)cc2)(N2C(=O)c3ccccc3C2=O)C1. The molecule has 6 aromatic rings. The molecule has 2 amide bonds. The molecule has 0 spiro atoms. The van der Waals surface area contributed by atoms with Crippen molar-refractivity contribution in [3.63, 3.8) is 0 Å². The van der Waals surface area contributed by atoms with E-state index in [1.807, 2.05) is 61.7 Å². The number of hydrogen-bond donors (Lipinski definition) is 0. The first-order chi connectivity index (χ1) is 21.0. The lowest BCUT2D eigenvalue weighted by Crippen LogP contribution is -2.59. The Bertz CT molecular complexity index is 2040. The van der Waals surface area contributed by atoms with Crippen LogP contribution in [-0.4, -0.2) is 49.5 Å². The zero-order valence-corrected chi connectivity index (χ0v) is 23.7. The van der Waals surface area contributed by atoms with Crippen LogP contribution in [0, 0.1) is 6.92 Å². The van der Waals surface area contributed by atoms with Crippen molar-refractivity contribution in [3.05, 3.63) is 120 Å². The zero-order chi connectivity index (χ0) is 29.3. The molecule has 0 N–H and O–H groups in total. The highest BCUT2D eigenvalue weighted by molar-refractivity contribution is 6.22. The molecule has 1 fully saturated rings. The molecule has 4 heterocycles. The monoisotopic (exact) mass is 565 g/mol. The number of carbonyl (C=O) groups is 2. The van der Waals surface area contributed by atoms with Gasteiger partial charge >= 0.3 is 0 Å². The fraction of sp³-hybridized carbons (Fsp3) is 0.171. The Morgan fingerprint density at radius 1 is 0.814 bits per heavy atom. The summed E-state index contributed by atoms with van der Waals surface area (Å²) < 4.78 is 7.42. The molecule has 0 bridgehead atoms. The third-order valence-electron chi connectivity index (χ3n) is 8.85. The first-order valence-corrected chi connectivity index (χ1v) is 14.3. The molecule has 0 unspecified atom stereocenters. The maximum absolute atomic E-state index is 13.6. The first kappa shape index (κ1) is 25.5. The van der Waals surface area contributed by atoms with Gasteiger partial charge in [-0.25, -0.2) is 9.97 Å². The van der Waals surface area contributed by atoms with Crippen LogP contribution >= 0.6 is 0 Å². The van der Waals surface area contributed by atoms with Crippen LogP contribution in [0.25, 0.3) is 39.1 Å². The average molecular weight is 566 g/mol. The lowest BCUT2D eigenvalue weighted by molar-refractivity contribution is -0.0706. The summed E-state index contributed by atoms with van der Waals surface area (Å²) in [5.74, 6) is -0.511. The molecule has 0 atom stereocenters. The third-order valence-corrected chi connectivity index (χ3v) is 8.85. The summed E-state index contributed by atoms with van der Waals surface area (Å²) in [7, 11) is 1.67. The summed E-state index contributed by atoms with van der Waals surface area (Å²) in [4.78, 5) is 38.4. The Hall–Kier alpha value is -5.21. The number of nitrogens with zero attached hydrogens (tertiary/aromatic N) is 5. The van der Waals surface area contributed by atoms with E-state index >= 15 is 0 Å². The number of rotatable bonds is 5. The molecule has 2 aliphatic rings. The topological polar surface area (TPSA) is 89.7 Å². The normalized spacial score (nSPS) is 19.7. The number of carbonyl (C=O) groups excluding carboxylic acids is 2. The van der Waals surface area contributed by atoms with E-state index in [1.54, 1.807) is 35.9 Å². The molecule has 1 aliphatic heterocycles. The van der Waals surface area contributed by atoms with Crippen molar-refractivity contribution in [2.24, 2.45) is 0 Å². The van der Waals surface area contributed by atoms with Gasteiger partial charge in [0.05, 0.1) is 34.2 Å². The minimum atomic E-state index is -0.782. The van der Waals surface area contributed by atoms with Gasteiger partial charge < -0.3 is 4.74 Å². The largest absolute Gasteiger partial charge is 0.381 e. The van der Waals surface area contributed by atoms with Crippen LogP contribution in [0.4, 0.5) is 0 Å². The number of aromatic nitrogens is 4. The summed E-state index contributed by atoms with van der Waals surface area (Å²) >= 11 is 0. The van der Waals surface area contributed by atoms with Crippen LogP contribution in [0.15, 0.2) is 97.2 Å². The Balaban J connectivity index is 1.26. The lowest BCUT2D eigenvalue weighted by Gasteiger charge is -2.51. The molecule has 0 saturated heterocycles. The van der Waals surface area contributed by atoms with Crippen LogP contribution in [-0.2, 0) is 10.3 Å². The summed E-state index contributed by atoms with van der Waals surface area (Å²) in [6, 6.07) is 29.3. The summed E-state index contributed by atoms with van der Waals surface area (Å²) in [6.07, 6.45) is 2.89. The number of pyridine rings is 1. The predicted octanol–water partition coefficient (Wildman–Crippen LogP) is 6.22. The lowest BCUT2D eigenvalue weighted by atomic mass is 9.68. The smallest absolute Gasteiger partial charge is 0.262 e. The van der Waals surface area contributed by atoms with E-state index in [0.717, 1.165) is 50.3 Å². The van der Waals surface area contributed by atoms with Gasteiger partial charge in [0.25, 0.3) is 11.8 Å². The van der Waals surface area contributed by atoms with E-state index in [2.05, 4.69) is 28.3 Å². The standard InChI is InChI=1S/C35H27N5O3/c1-21-16-30-36-20-24-17-29(22-8-4-3-5-9-22)31(37-32(24)40(30)38-21)23-12-14-25(15-13-23)35(18-26(19-35)43-2)39-33(41)27-10-6-7-11-28(27)34(39)42/h3-17,20,26H,18-19H2,1-2H3. The van der Waals surface area contributed by atoms with Gasteiger partial charge in [-0.15, -0.1) is 0 Å². The van der Waals surface area contributed by atoms with Crippen molar-refractivity contribution in [2.75, 3.05) is 7.11 Å². The number of aryl methyl sites for hydroxylation is 1. The summed E-state index contributed by atoms with van der Waals surface area (Å²) in [5.41, 5.74) is 7.09. The second-order valence-electron chi connectivity index (χ2n) is 11.3. The Kier molecular flexibility index (Phi) is 5.58. The molecule has 8 heteroatoms. The van der Waals surface area contributed by atoms with Gasteiger partial charge in [-0.3, -0.25) is 14.5 Å². The Morgan fingerprint density at radius 2 is 1.49 bits per heavy atom. The van der Waals surface area contributed by atoms with E-state index in [0.29, 0.717) is 24.0 Å². The maximum atomic E-state index is 13.6. The molecule has 210 valence electrons. The van der Waals surface area contributed by atoms with E-state index < -0.39 is 5.54 Å². The van der Waals surface area contributed by atoms with Crippen molar-refractivity contribution >= 4 is 28.5 Å². The second kappa shape index (κ2) is 9.40.